The van der Waals surface area contributed by atoms with Gasteiger partial charge in [0.1, 0.15) is 42.7 Å². The van der Waals surface area contributed by atoms with E-state index in [9.17, 15) is 33.3 Å². The van der Waals surface area contributed by atoms with Crippen LogP contribution in [0.3, 0.4) is 0 Å². The van der Waals surface area contributed by atoms with Gasteiger partial charge in [0.25, 0.3) is 0 Å². The third kappa shape index (κ3) is 33.4. The fourth-order valence-corrected chi connectivity index (χ4v) is 7.25. The number of carbonyl (C=O) groups excluding carboxylic acids is 1. The summed E-state index contributed by atoms with van der Waals surface area (Å²) in [4.78, 5) is 11.7. The number of hydrogen-bond donors (Lipinski definition) is 4. The van der Waals surface area contributed by atoms with Crippen molar-refractivity contribution in [1.29, 1.82) is 0 Å². The zero-order valence-corrected chi connectivity index (χ0v) is 46.3. The first-order valence-electron chi connectivity index (χ1n) is 24.0. The van der Waals surface area contributed by atoms with Crippen LogP contribution in [-0.4, -0.2) is 169 Å². The first-order valence-corrected chi connectivity index (χ1v) is 24.0. The Balaban J connectivity index is -0.00000113. The molecule has 0 saturated carbocycles. The Morgan fingerprint density at radius 3 is 1.49 bits per heavy atom. The second kappa shape index (κ2) is 43.1. The number of ether oxygens (including phenoxy) is 10. The van der Waals surface area contributed by atoms with E-state index in [0.29, 0.717) is 19.6 Å². The average Bonchev–Trinajstić information content (AvgIpc) is 3.27. The maximum Gasteiger partial charge on any atom is 1.00 e. The van der Waals surface area contributed by atoms with Gasteiger partial charge in [0.2, 0.25) is 0 Å². The van der Waals surface area contributed by atoms with E-state index >= 15 is 0 Å². The second-order valence-electron chi connectivity index (χ2n) is 17.8. The predicted molar refractivity (Wildman–Crippen MR) is 255 cm³/mol. The van der Waals surface area contributed by atoms with Crippen molar-refractivity contribution >= 4 is 5.91 Å². The zero-order chi connectivity index (χ0) is 50.8. The molecule has 2 rings (SSSR count). The molecule has 0 aromatic heterocycles. The summed E-state index contributed by atoms with van der Waals surface area (Å²) in [6, 6.07) is -2.01. The minimum absolute atomic E-state index is 0. The number of amides is 1. The van der Waals surface area contributed by atoms with Gasteiger partial charge in [-0.15, -0.1) is 18.8 Å². The SMILES string of the molecule is C.C=CCOC1OC(COC)C(O)C(OCCC(CCCCCCC)OC)C1N.C=CCOC1OC(COC)C(O)C(OCCC(CCCCCCC)OC)C1NC(=O)C(F)(F)F.CC(C)(C)[O-].[K+]. The van der Waals surface area contributed by atoms with Gasteiger partial charge < -0.3 is 73.7 Å². The molecule has 69 heavy (non-hydrogen) atoms. The van der Waals surface area contributed by atoms with Gasteiger partial charge in [-0.25, -0.2) is 0 Å². The van der Waals surface area contributed by atoms with Gasteiger partial charge in [0.15, 0.2) is 12.6 Å². The van der Waals surface area contributed by atoms with Crippen LogP contribution in [0.15, 0.2) is 25.3 Å². The first kappa shape index (κ1) is 73.1. The van der Waals surface area contributed by atoms with Crippen molar-refractivity contribution in [3.8, 4) is 0 Å². The van der Waals surface area contributed by atoms with Crippen molar-refractivity contribution in [2.75, 3.05) is 68.1 Å². The van der Waals surface area contributed by atoms with Gasteiger partial charge in [0, 0.05) is 41.7 Å². The van der Waals surface area contributed by atoms with Gasteiger partial charge in [-0.1, -0.05) is 118 Å². The topological polar surface area (TPSA) is 211 Å². The van der Waals surface area contributed by atoms with Crippen LogP contribution in [0.25, 0.3) is 0 Å². The molecular weight excluding hydrogens is 937 g/mol. The van der Waals surface area contributed by atoms with E-state index in [1.165, 1.54) is 45.3 Å². The molecule has 2 heterocycles. The summed E-state index contributed by atoms with van der Waals surface area (Å²) in [5.74, 6) is -2.18. The molecule has 0 bridgehead atoms. The van der Waals surface area contributed by atoms with Crippen LogP contribution >= 0.6 is 0 Å². The summed E-state index contributed by atoms with van der Waals surface area (Å²) >= 11 is 0. The van der Waals surface area contributed by atoms with E-state index in [1.54, 1.807) is 48.2 Å². The Hall–Kier alpha value is -0.184. The number of aliphatic hydroxyl groups excluding tert-OH is 2. The van der Waals surface area contributed by atoms with Crippen LogP contribution in [0.1, 0.15) is 132 Å². The normalized spacial score (nSPS) is 25.6. The van der Waals surface area contributed by atoms with Crippen LogP contribution in [0, 0.1) is 0 Å². The van der Waals surface area contributed by atoms with Crippen LogP contribution in [0.5, 0.6) is 0 Å². The number of alkyl halides is 3. The Bertz CT molecular complexity index is 1240. The second-order valence-corrected chi connectivity index (χ2v) is 17.8. The van der Waals surface area contributed by atoms with E-state index in [2.05, 4.69) is 27.0 Å². The number of aliphatic hydroxyl groups is 2. The molecule has 1 amide bonds. The largest absolute Gasteiger partial charge is 1.00 e. The maximum atomic E-state index is 13.0. The van der Waals surface area contributed by atoms with Crippen molar-refractivity contribution in [2.45, 2.75) is 217 Å². The quantitative estimate of drug-likeness (QED) is 0.0422. The minimum atomic E-state index is -5.12. The smallest absolute Gasteiger partial charge is 0.850 e. The molecule has 2 fully saturated rings. The first-order chi connectivity index (χ1) is 31.8. The summed E-state index contributed by atoms with van der Waals surface area (Å²) in [5, 5.41) is 33.3. The number of unbranched alkanes of at least 4 members (excludes halogenated alkanes) is 8. The predicted octanol–water partition coefficient (Wildman–Crippen LogP) is 3.30. The van der Waals surface area contributed by atoms with E-state index in [0.717, 1.165) is 51.4 Å². The molecule has 2 aliphatic heterocycles. The molecule has 0 aromatic carbocycles. The van der Waals surface area contributed by atoms with Crippen molar-refractivity contribution in [3.63, 3.8) is 0 Å². The third-order valence-electron chi connectivity index (χ3n) is 10.8. The minimum Gasteiger partial charge on any atom is -0.850 e. The zero-order valence-electron chi connectivity index (χ0n) is 43.1. The number of rotatable bonds is 33. The van der Waals surface area contributed by atoms with Crippen molar-refractivity contribution < 1.29 is 132 Å². The third-order valence-corrected chi connectivity index (χ3v) is 10.8. The number of carbonyl (C=O) groups is 1. The molecule has 0 spiro atoms. The Kier molecular flexibility index (Phi) is 45.6. The Morgan fingerprint density at radius 1 is 0.710 bits per heavy atom. The molecule has 20 heteroatoms. The number of methoxy groups -OCH3 is 4. The molecule has 5 N–H and O–H groups in total. The number of nitrogens with one attached hydrogen (secondary N) is 1. The van der Waals surface area contributed by atoms with Crippen LogP contribution in [0.4, 0.5) is 13.2 Å². The molecule has 12 atom stereocenters. The van der Waals surface area contributed by atoms with Crippen LogP contribution in [0.2, 0.25) is 0 Å². The van der Waals surface area contributed by atoms with Crippen LogP contribution in [-0.2, 0) is 52.2 Å². The van der Waals surface area contributed by atoms with E-state index in [1.807, 2.05) is 5.32 Å². The molecule has 0 radical (unpaired) electrons. The number of hydrogen-bond acceptors (Lipinski definition) is 15. The van der Waals surface area contributed by atoms with Gasteiger partial charge in [0.05, 0.1) is 44.7 Å². The fourth-order valence-electron chi connectivity index (χ4n) is 7.25. The van der Waals surface area contributed by atoms with Crippen molar-refractivity contribution in [1.82, 2.24) is 5.32 Å². The summed E-state index contributed by atoms with van der Waals surface area (Å²) in [6.07, 6.45) is 5.29. The summed E-state index contributed by atoms with van der Waals surface area (Å²) in [7, 11) is 6.29. The summed E-state index contributed by atoms with van der Waals surface area (Å²) < 4.78 is 94.3. The molecule has 2 aliphatic rings. The van der Waals surface area contributed by atoms with Gasteiger partial charge in [-0.3, -0.25) is 4.79 Å². The van der Waals surface area contributed by atoms with E-state index < -0.39 is 79.0 Å². The summed E-state index contributed by atoms with van der Waals surface area (Å²) in [5.41, 5.74) is 5.50. The van der Waals surface area contributed by atoms with Crippen molar-refractivity contribution in [2.24, 2.45) is 5.73 Å². The summed E-state index contributed by atoms with van der Waals surface area (Å²) in [6.45, 7) is 17.4. The fraction of sp³-hybridized carbons (Fsp3) is 0.898. The molecule has 406 valence electrons. The van der Waals surface area contributed by atoms with Gasteiger partial charge in [-0.05, 0) is 25.7 Å². The molecule has 16 nitrogen and oxygen atoms in total. The molecule has 2 saturated heterocycles. The van der Waals surface area contributed by atoms with E-state index in [-0.39, 0.29) is 97.4 Å². The van der Waals surface area contributed by atoms with Crippen LogP contribution < -0.4 is 67.5 Å². The van der Waals surface area contributed by atoms with Gasteiger partial charge >= 0.3 is 63.5 Å². The standard InChI is InChI=1S/C23H40F3NO7.C21H41NO6.C4H9O.CH4.K/c1-5-7-8-9-10-11-16(31-4)12-14-32-20-18(27-22(29)23(24,25)26)21(33-13-6-2)34-17(15-30-3)19(20)28;1-5-7-8-9-10-11-16(25-4)12-14-26-20-18(22)21(27-13-6-2)28-17(15-24-3)19(20)23;1-4(2,3)5;;/h6,16-21,28H,2,5,7-15H2,1,3-4H3,(H,27,29);6,16-21,23H,2,5,7-15,22H2,1,3-4H3;1-3H3;1H4;/q;;-1;;+1. The molecule has 12 unspecified atom stereocenters. The number of halogens is 3. The Labute approximate surface area is 456 Å². The Morgan fingerprint density at radius 2 is 1.10 bits per heavy atom. The number of nitrogens with two attached hydrogens (primary N) is 1. The molecule has 0 aromatic rings. The van der Waals surface area contributed by atoms with Crippen molar-refractivity contribution in [3.05, 3.63) is 25.3 Å². The monoisotopic (exact) mass is 1030 g/mol. The maximum absolute atomic E-state index is 13.0. The average molecular weight is 1030 g/mol. The van der Waals surface area contributed by atoms with E-state index in [4.69, 9.17) is 53.1 Å². The molecule has 0 aliphatic carbocycles. The molecular formula is C49H94F3KN2O14. The van der Waals surface area contributed by atoms with Gasteiger partial charge in [-0.2, -0.15) is 13.2 Å².